The van der Waals surface area contributed by atoms with Gasteiger partial charge in [-0.05, 0) is 69.8 Å². The lowest BCUT2D eigenvalue weighted by atomic mass is 10.2. The largest absolute Gasteiger partial charge is 0.748 e. The van der Waals surface area contributed by atoms with Crippen LogP contribution in [-0.2, 0) is 14.9 Å². The SMILES string of the molecule is O=C(OCCS(=O)(=O)[O-])c1cc(Br)c(Br)c(Br)c1Br. The number of esters is 1. The Morgan fingerprint density at radius 2 is 1.74 bits per heavy atom. The summed E-state index contributed by atoms with van der Waals surface area (Å²) in [7, 11) is -4.40. The smallest absolute Gasteiger partial charge is 0.339 e. The lowest BCUT2D eigenvalue weighted by Gasteiger charge is -2.11. The summed E-state index contributed by atoms with van der Waals surface area (Å²) in [6.07, 6.45) is 0. The molecule has 0 fully saturated rings. The molecule has 0 saturated carbocycles. The number of hydrogen-bond donors (Lipinski definition) is 0. The van der Waals surface area contributed by atoms with E-state index in [2.05, 4.69) is 63.7 Å². The van der Waals surface area contributed by atoms with Crippen molar-refractivity contribution in [2.45, 2.75) is 0 Å². The number of ether oxygens (including phenoxy) is 1. The highest BCUT2D eigenvalue weighted by Crippen LogP contribution is 2.39. The number of carbonyl (C=O) groups excluding carboxylic acids is 1. The van der Waals surface area contributed by atoms with Crippen molar-refractivity contribution in [3.05, 3.63) is 29.5 Å². The molecule has 19 heavy (non-hydrogen) atoms. The molecule has 0 aliphatic rings. The van der Waals surface area contributed by atoms with Crippen LogP contribution >= 0.6 is 63.7 Å². The summed E-state index contributed by atoms with van der Waals surface area (Å²) in [5.74, 6) is -1.49. The Labute approximate surface area is 143 Å². The van der Waals surface area contributed by atoms with Gasteiger partial charge in [-0.3, -0.25) is 0 Å². The fraction of sp³-hybridized carbons (Fsp3) is 0.222. The highest BCUT2D eigenvalue weighted by molar-refractivity contribution is 9.15. The molecule has 0 spiro atoms. The normalized spacial score (nSPS) is 11.4. The average Bonchev–Trinajstić information content (AvgIpc) is 2.29. The summed E-state index contributed by atoms with van der Waals surface area (Å²) < 4.78 is 38.3. The summed E-state index contributed by atoms with van der Waals surface area (Å²) in [5.41, 5.74) is 0.199. The van der Waals surface area contributed by atoms with Gasteiger partial charge in [-0.15, -0.1) is 0 Å². The molecule has 1 aromatic rings. The van der Waals surface area contributed by atoms with Gasteiger partial charge in [0.25, 0.3) is 0 Å². The van der Waals surface area contributed by atoms with E-state index in [1.54, 1.807) is 0 Å². The molecule has 1 aromatic carbocycles. The van der Waals surface area contributed by atoms with Crippen molar-refractivity contribution >= 4 is 79.8 Å². The molecule has 106 valence electrons. The first-order valence-electron chi connectivity index (χ1n) is 4.57. The molecule has 0 atom stereocenters. The molecule has 5 nitrogen and oxygen atoms in total. The second-order valence-corrected chi connectivity index (χ2v) is 8.00. The van der Waals surface area contributed by atoms with Crippen molar-refractivity contribution in [1.82, 2.24) is 0 Å². The minimum atomic E-state index is -4.40. The van der Waals surface area contributed by atoms with Crippen molar-refractivity contribution in [1.29, 1.82) is 0 Å². The van der Waals surface area contributed by atoms with Crippen LogP contribution in [0, 0.1) is 0 Å². The van der Waals surface area contributed by atoms with Crippen LogP contribution in [0.1, 0.15) is 10.4 Å². The first-order valence-corrected chi connectivity index (χ1v) is 9.32. The highest BCUT2D eigenvalue weighted by Gasteiger charge is 2.18. The first kappa shape index (κ1) is 17.6. The minimum absolute atomic E-state index is 0.199. The molecule has 0 saturated heterocycles. The molecule has 0 aliphatic heterocycles. The van der Waals surface area contributed by atoms with Crippen LogP contribution in [0.25, 0.3) is 0 Å². The van der Waals surface area contributed by atoms with E-state index in [-0.39, 0.29) is 5.56 Å². The fourth-order valence-corrected chi connectivity index (χ4v) is 3.50. The molecule has 0 aromatic heterocycles. The maximum absolute atomic E-state index is 11.8. The van der Waals surface area contributed by atoms with E-state index >= 15 is 0 Å². The molecule has 0 radical (unpaired) electrons. The zero-order valence-electron chi connectivity index (χ0n) is 8.95. The Kier molecular flexibility index (Phi) is 6.46. The second-order valence-electron chi connectivity index (χ2n) is 3.25. The predicted molar refractivity (Wildman–Crippen MR) is 82.1 cm³/mol. The number of hydrogen-bond acceptors (Lipinski definition) is 5. The van der Waals surface area contributed by atoms with Gasteiger partial charge in [0.15, 0.2) is 0 Å². The summed E-state index contributed by atoms with van der Waals surface area (Å²) in [6.45, 7) is -0.484. The Hall–Kier alpha value is 0.520. The van der Waals surface area contributed by atoms with E-state index in [0.717, 1.165) is 0 Å². The maximum Gasteiger partial charge on any atom is 0.339 e. The first-order chi connectivity index (χ1) is 8.63. The standard InChI is InChI=1S/C9H6Br4O5S/c10-5-3-4(6(11)8(13)7(5)12)9(14)18-1-2-19(15,16)17/h3H,1-2H2,(H,15,16,17)/p-1. The van der Waals surface area contributed by atoms with Gasteiger partial charge in [-0.1, -0.05) is 0 Å². The van der Waals surface area contributed by atoms with E-state index in [1.807, 2.05) is 0 Å². The summed E-state index contributed by atoms with van der Waals surface area (Å²) in [5, 5.41) is 0. The van der Waals surface area contributed by atoms with Crippen molar-refractivity contribution in [2.24, 2.45) is 0 Å². The number of halogens is 4. The minimum Gasteiger partial charge on any atom is -0.748 e. The summed E-state index contributed by atoms with van der Waals surface area (Å²) in [4.78, 5) is 11.8. The van der Waals surface area contributed by atoms with Crippen molar-refractivity contribution in [3.8, 4) is 0 Å². The third kappa shape index (κ3) is 5.09. The van der Waals surface area contributed by atoms with Crippen LogP contribution in [0.15, 0.2) is 24.0 Å². The van der Waals surface area contributed by atoms with Gasteiger partial charge in [-0.25, -0.2) is 13.2 Å². The number of rotatable bonds is 4. The van der Waals surface area contributed by atoms with Gasteiger partial charge >= 0.3 is 5.97 Å². The topological polar surface area (TPSA) is 83.5 Å². The third-order valence-corrected chi connectivity index (χ3v) is 7.22. The lowest BCUT2D eigenvalue weighted by molar-refractivity contribution is 0.0527. The molecule has 0 bridgehead atoms. The van der Waals surface area contributed by atoms with Crippen LogP contribution in [0.5, 0.6) is 0 Å². The summed E-state index contributed by atoms with van der Waals surface area (Å²) >= 11 is 13.0. The average molecular weight is 545 g/mol. The van der Waals surface area contributed by atoms with Crippen LogP contribution in [0.2, 0.25) is 0 Å². The van der Waals surface area contributed by atoms with Gasteiger partial charge in [0.1, 0.15) is 6.61 Å². The van der Waals surface area contributed by atoms with E-state index < -0.39 is 28.4 Å². The van der Waals surface area contributed by atoms with Crippen molar-refractivity contribution in [2.75, 3.05) is 12.4 Å². The molecule has 0 aliphatic carbocycles. The molecule has 0 heterocycles. The monoisotopic (exact) mass is 541 g/mol. The van der Waals surface area contributed by atoms with Crippen LogP contribution in [0.3, 0.4) is 0 Å². The summed E-state index contributed by atoms with van der Waals surface area (Å²) in [6, 6.07) is 1.51. The van der Waals surface area contributed by atoms with Gasteiger partial charge in [0.05, 0.1) is 21.4 Å². The van der Waals surface area contributed by atoms with Gasteiger partial charge in [-0.2, -0.15) is 0 Å². The lowest BCUT2D eigenvalue weighted by Crippen LogP contribution is -2.15. The molecule has 0 amide bonds. The second kappa shape index (κ2) is 6.99. The van der Waals surface area contributed by atoms with E-state index in [0.29, 0.717) is 17.9 Å². The quantitative estimate of drug-likeness (QED) is 0.251. The van der Waals surface area contributed by atoms with Gasteiger partial charge in [0.2, 0.25) is 0 Å². The van der Waals surface area contributed by atoms with E-state index in [9.17, 15) is 17.8 Å². The molecule has 0 unspecified atom stereocenters. The van der Waals surface area contributed by atoms with Crippen LogP contribution in [-0.4, -0.2) is 31.3 Å². The van der Waals surface area contributed by atoms with Gasteiger partial charge < -0.3 is 9.29 Å². The number of carbonyl (C=O) groups is 1. The maximum atomic E-state index is 11.8. The Morgan fingerprint density at radius 1 is 1.16 bits per heavy atom. The highest BCUT2D eigenvalue weighted by atomic mass is 79.9. The Bertz CT molecular complexity index is 614. The Morgan fingerprint density at radius 3 is 2.26 bits per heavy atom. The molecule has 1 rings (SSSR count). The molecule has 0 N–H and O–H groups in total. The Balaban J connectivity index is 2.89. The zero-order chi connectivity index (χ0) is 14.8. The third-order valence-electron chi connectivity index (χ3n) is 1.89. The van der Waals surface area contributed by atoms with Crippen LogP contribution in [0.4, 0.5) is 0 Å². The zero-order valence-corrected chi connectivity index (χ0v) is 16.1. The number of benzene rings is 1. The van der Waals surface area contributed by atoms with E-state index in [4.69, 9.17) is 4.74 Å². The fourth-order valence-electron chi connectivity index (χ4n) is 1.04. The molecular formula is C9H5Br4O5S-. The molecule has 10 heteroatoms. The van der Waals surface area contributed by atoms with Gasteiger partial charge in [0, 0.05) is 17.9 Å². The molecular weight excluding hydrogens is 540 g/mol. The van der Waals surface area contributed by atoms with Crippen molar-refractivity contribution < 1.29 is 22.5 Å². The van der Waals surface area contributed by atoms with Crippen molar-refractivity contribution in [3.63, 3.8) is 0 Å². The van der Waals surface area contributed by atoms with Crippen LogP contribution < -0.4 is 0 Å². The van der Waals surface area contributed by atoms with E-state index in [1.165, 1.54) is 6.07 Å². The predicted octanol–water partition coefficient (Wildman–Crippen LogP) is 3.44.